The number of pyridine rings is 2. The zero-order chi connectivity index (χ0) is 23.5. The van der Waals surface area contributed by atoms with Crippen LogP contribution in [0.15, 0.2) is 70.1 Å². The number of urea groups is 1. The lowest BCUT2D eigenvalue weighted by Crippen LogP contribution is -2.22. The molecule has 168 valence electrons. The van der Waals surface area contributed by atoms with Crippen LogP contribution in [0.3, 0.4) is 0 Å². The number of halogens is 3. The third-order valence-electron chi connectivity index (χ3n) is 5.02. The van der Waals surface area contributed by atoms with Crippen molar-refractivity contribution in [3.8, 4) is 11.1 Å². The number of nitrogens with zero attached hydrogens (tertiary/aromatic N) is 2. The van der Waals surface area contributed by atoms with Gasteiger partial charge in [-0.05, 0) is 37.3 Å². The van der Waals surface area contributed by atoms with Crippen molar-refractivity contribution in [2.45, 2.75) is 13.5 Å². The Morgan fingerprint density at radius 2 is 1.88 bits per heavy atom. The Labute approximate surface area is 211 Å². The van der Waals surface area contributed by atoms with Gasteiger partial charge in [0.15, 0.2) is 0 Å². The van der Waals surface area contributed by atoms with E-state index in [2.05, 4.69) is 35.1 Å². The molecular formula is C23H18BrFIN5O2. The minimum absolute atomic E-state index is 0.0493. The van der Waals surface area contributed by atoms with Crippen LogP contribution in [0.4, 0.5) is 26.4 Å². The maximum absolute atomic E-state index is 14.7. The van der Waals surface area contributed by atoms with Gasteiger partial charge >= 0.3 is 6.03 Å². The standard InChI is InChI=1S/C23H18BrFIN5O2/c1-2-31-20-11-21(30-26)27-12-13(20)8-16(22(31)32)15-9-19(18(25)10-17(15)24)29-23(33)28-14-6-4-3-5-7-14/h3-12H,2H2,1H3,(H,27,30)(H2,28,29,33). The van der Waals surface area contributed by atoms with Crippen molar-refractivity contribution in [3.05, 3.63) is 81.4 Å². The monoisotopic (exact) mass is 621 g/mol. The summed E-state index contributed by atoms with van der Waals surface area (Å²) in [5.41, 5.74) is 1.84. The Bertz CT molecular complexity index is 1410. The van der Waals surface area contributed by atoms with Crippen LogP contribution in [0.25, 0.3) is 22.0 Å². The van der Waals surface area contributed by atoms with Crippen molar-refractivity contribution in [2.75, 3.05) is 14.2 Å². The van der Waals surface area contributed by atoms with Crippen LogP contribution < -0.4 is 19.7 Å². The third kappa shape index (κ3) is 4.86. The summed E-state index contributed by atoms with van der Waals surface area (Å²) < 4.78 is 19.6. The third-order valence-corrected chi connectivity index (χ3v) is 6.23. The Morgan fingerprint density at radius 3 is 2.58 bits per heavy atom. The van der Waals surface area contributed by atoms with E-state index in [4.69, 9.17) is 0 Å². The second-order valence-corrected chi connectivity index (χ2v) is 8.48. The van der Waals surface area contributed by atoms with Crippen LogP contribution in [0, 0.1) is 5.82 Å². The van der Waals surface area contributed by atoms with E-state index in [1.54, 1.807) is 47.2 Å². The predicted molar refractivity (Wildman–Crippen MR) is 141 cm³/mol. The second-order valence-electron chi connectivity index (χ2n) is 7.09. The van der Waals surface area contributed by atoms with Crippen LogP contribution >= 0.6 is 38.8 Å². The normalized spacial score (nSPS) is 10.8. The van der Waals surface area contributed by atoms with Crippen molar-refractivity contribution in [2.24, 2.45) is 0 Å². The molecule has 0 atom stereocenters. The fraction of sp³-hybridized carbons (Fsp3) is 0.0870. The van der Waals surface area contributed by atoms with Gasteiger partial charge in [-0.25, -0.2) is 14.2 Å². The largest absolute Gasteiger partial charge is 0.323 e. The Morgan fingerprint density at radius 1 is 1.12 bits per heavy atom. The van der Waals surface area contributed by atoms with Crippen molar-refractivity contribution in [1.82, 2.24) is 9.55 Å². The Hall–Kier alpha value is -2.99. The number of benzene rings is 2. The van der Waals surface area contributed by atoms with Gasteiger partial charge in [-0.15, -0.1) is 0 Å². The fourth-order valence-electron chi connectivity index (χ4n) is 3.49. The van der Waals surface area contributed by atoms with E-state index in [1.165, 1.54) is 12.1 Å². The predicted octanol–water partition coefficient (Wildman–Crippen LogP) is 6.39. The lowest BCUT2D eigenvalue weighted by atomic mass is 10.0. The molecule has 2 aromatic heterocycles. The van der Waals surface area contributed by atoms with E-state index in [0.29, 0.717) is 33.6 Å². The first-order valence-corrected chi connectivity index (χ1v) is 11.8. The SMILES string of the molecule is CCn1c(=O)c(-c2cc(NC(=O)Nc3ccccc3)c(F)cc2Br)cc2cnc(NI)cc21. The molecule has 3 N–H and O–H groups in total. The highest BCUT2D eigenvalue weighted by molar-refractivity contribution is 14.1. The van der Waals surface area contributed by atoms with Gasteiger partial charge in [0, 0.05) is 45.5 Å². The first-order valence-electron chi connectivity index (χ1n) is 9.94. The molecule has 2 aromatic carbocycles. The maximum atomic E-state index is 14.7. The molecule has 0 aliphatic heterocycles. The quantitative estimate of drug-likeness (QED) is 0.178. The van der Waals surface area contributed by atoms with Crippen LogP contribution in [-0.2, 0) is 6.54 Å². The van der Waals surface area contributed by atoms with E-state index in [1.807, 2.05) is 35.9 Å². The average Bonchev–Trinajstić information content (AvgIpc) is 2.81. The zero-order valence-corrected chi connectivity index (χ0v) is 21.1. The van der Waals surface area contributed by atoms with Crippen LogP contribution in [-0.4, -0.2) is 15.6 Å². The first-order chi connectivity index (χ1) is 15.9. The van der Waals surface area contributed by atoms with Crippen molar-refractivity contribution >= 4 is 72.9 Å². The van der Waals surface area contributed by atoms with Crippen molar-refractivity contribution < 1.29 is 9.18 Å². The summed E-state index contributed by atoms with van der Waals surface area (Å²) >= 11 is 5.34. The van der Waals surface area contributed by atoms with Gasteiger partial charge in [0.2, 0.25) is 0 Å². The number of rotatable bonds is 5. The van der Waals surface area contributed by atoms with Crippen LogP contribution in [0.5, 0.6) is 0 Å². The number of aryl methyl sites for hydroxylation is 1. The molecular weight excluding hydrogens is 604 g/mol. The molecule has 4 aromatic rings. The molecule has 7 nitrogen and oxygen atoms in total. The number of amides is 2. The molecule has 0 bridgehead atoms. The zero-order valence-electron chi connectivity index (χ0n) is 17.3. The molecule has 0 saturated carbocycles. The number of nitrogens with one attached hydrogen (secondary N) is 3. The van der Waals surface area contributed by atoms with E-state index >= 15 is 0 Å². The van der Waals surface area contributed by atoms with E-state index in [-0.39, 0.29) is 11.2 Å². The van der Waals surface area contributed by atoms with Crippen molar-refractivity contribution in [3.63, 3.8) is 0 Å². The Kier molecular flexibility index (Phi) is 6.94. The summed E-state index contributed by atoms with van der Waals surface area (Å²) in [7, 11) is 0. The lowest BCUT2D eigenvalue weighted by Gasteiger charge is -2.15. The number of carbonyl (C=O) groups excluding carboxylic acids is 1. The summed E-state index contributed by atoms with van der Waals surface area (Å²) in [6, 6.07) is 14.4. The molecule has 0 spiro atoms. The highest BCUT2D eigenvalue weighted by Gasteiger charge is 2.17. The van der Waals surface area contributed by atoms with Crippen LogP contribution in [0.1, 0.15) is 6.92 Å². The summed E-state index contributed by atoms with van der Waals surface area (Å²) in [6.45, 7) is 2.32. The van der Waals surface area contributed by atoms with Gasteiger partial charge < -0.3 is 18.7 Å². The van der Waals surface area contributed by atoms with Crippen molar-refractivity contribution in [1.29, 1.82) is 0 Å². The van der Waals surface area contributed by atoms with E-state index < -0.39 is 11.8 Å². The summed E-state index contributed by atoms with van der Waals surface area (Å²) in [5, 5.41) is 5.93. The molecule has 0 fully saturated rings. The molecule has 0 unspecified atom stereocenters. The highest BCUT2D eigenvalue weighted by Crippen LogP contribution is 2.33. The molecule has 10 heteroatoms. The van der Waals surface area contributed by atoms with Gasteiger partial charge in [0.1, 0.15) is 11.6 Å². The number of anilines is 3. The van der Waals surface area contributed by atoms with Gasteiger partial charge in [-0.1, -0.05) is 34.1 Å². The number of fused-ring (bicyclic) bond motifs is 1. The number of carbonyl (C=O) groups is 1. The highest BCUT2D eigenvalue weighted by atomic mass is 127. The van der Waals surface area contributed by atoms with Crippen LogP contribution in [0.2, 0.25) is 0 Å². The molecule has 0 aliphatic rings. The smallest absolute Gasteiger partial charge is 0.313 e. The molecule has 0 radical (unpaired) electrons. The maximum Gasteiger partial charge on any atom is 0.323 e. The minimum atomic E-state index is -0.634. The summed E-state index contributed by atoms with van der Waals surface area (Å²) in [5.74, 6) is 0.00111. The van der Waals surface area contributed by atoms with Gasteiger partial charge in [0.05, 0.1) is 34.1 Å². The fourth-order valence-corrected chi connectivity index (χ4v) is 4.31. The van der Waals surface area contributed by atoms with Gasteiger partial charge in [-0.2, -0.15) is 0 Å². The molecule has 0 saturated heterocycles. The summed E-state index contributed by atoms with van der Waals surface area (Å²) in [6.07, 6.45) is 1.68. The number of para-hydroxylation sites is 1. The lowest BCUT2D eigenvalue weighted by molar-refractivity contribution is 0.262. The average molecular weight is 622 g/mol. The van der Waals surface area contributed by atoms with E-state index in [0.717, 1.165) is 10.9 Å². The number of aromatic nitrogens is 2. The second kappa shape index (κ2) is 9.87. The van der Waals surface area contributed by atoms with Gasteiger partial charge in [0.25, 0.3) is 5.56 Å². The van der Waals surface area contributed by atoms with E-state index in [9.17, 15) is 14.0 Å². The molecule has 4 rings (SSSR count). The number of hydrogen-bond acceptors (Lipinski definition) is 4. The first kappa shape index (κ1) is 23.2. The molecule has 2 heterocycles. The summed E-state index contributed by atoms with van der Waals surface area (Å²) in [4.78, 5) is 30.0. The molecule has 0 aliphatic carbocycles. The molecule has 2 amide bonds. The minimum Gasteiger partial charge on any atom is -0.313 e. The van der Waals surface area contributed by atoms with Gasteiger partial charge in [-0.3, -0.25) is 4.79 Å². The molecule has 33 heavy (non-hydrogen) atoms. The number of hydrogen-bond donors (Lipinski definition) is 3. The topological polar surface area (TPSA) is 88.1 Å². The Balaban J connectivity index is 1.77.